The Bertz CT molecular complexity index is 127. The average Bonchev–Trinajstić information content (AvgIpc) is 1.89. The summed E-state index contributed by atoms with van der Waals surface area (Å²) < 4.78 is 0. The van der Waals surface area contributed by atoms with E-state index in [0.29, 0.717) is 0 Å². The monoisotopic (exact) mass is 143 g/mol. The van der Waals surface area contributed by atoms with Gasteiger partial charge < -0.3 is 5.11 Å². The summed E-state index contributed by atoms with van der Waals surface area (Å²) in [5.74, 6) is 0. The number of rotatable bonds is 3. The highest BCUT2D eigenvalue weighted by molar-refractivity contribution is 5.87. The minimum atomic E-state index is -0.143. The van der Waals surface area contributed by atoms with Crippen molar-refractivity contribution in [3.63, 3.8) is 0 Å². The third-order valence-electron chi connectivity index (χ3n) is 1.77. The Morgan fingerprint density at radius 1 is 1.50 bits per heavy atom. The lowest BCUT2D eigenvalue weighted by Gasteiger charge is -2.20. The normalized spacial score (nSPS) is 13.9. The molecule has 0 radical (unpaired) electrons. The van der Waals surface area contributed by atoms with Crippen molar-refractivity contribution in [3.05, 3.63) is 0 Å². The smallest absolute Gasteiger partial charge is 0.0534 e. The lowest BCUT2D eigenvalue weighted by molar-refractivity contribution is 0.212. The first-order valence-corrected chi connectivity index (χ1v) is 3.67. The van der Waals surface area contributed by atoms with Crippen molar-refractivity contribution in [2.75, 3.05) is 13.2 Å². The van der Waals surface area contributed by atoms with Gasteiger partial charge in [-0.25, -0.2) is 0 Å². The predicted octanol–water partition coefficient (Wildman–Crippen LogP) is 1.49. The maximum Gasteiger partial charge on any atom is 0.0534 e. The molecule has 0 aromatic carbocycles. The standard InChI is InChI=1S/C8H17NO/c1-5-9-7(2)8(3,4)6-10/h10H,5-6H2,1-4H3. The molecule has 0 aromatic rings. The summed E-state index contributed by atoms with van der Waals surface area (Å²) in [6.07, 6.45) is 0. The first kappa shape index (κ1) is 9.63. The maximum atomic E-state index is 8.91. The zero-order chi connectivity index (χ0) is 8.20. The van der Waals surface area contributed by atoms with Gasteiger partial charge in [0.15, 0.2) is 0 Å². The quantitative estimate of drug-likeness (QED) is 0.596. The average molecular weight is 143 g/mol. The highest BCUT2D eigenvalue weighted by Crippen LogP contribution is 2.15. The topological polar surface area (TPSA) is 32.6 Å². The van der Waals surface area contributed by atoms with E-state index in [9.17, 15) is 0 Å². The Morgan fingerprint density at radius 2 is 2.00 bits per heavy atom. The van der Waals surface area contributed by atoms with Crippen LogP contribution >= 0.6 is 0 Å². The van der Waals surface area contributed by atoms with E-state index < -0.39 is 0 Å². The number of hydrogen-bond donors (Lipinski definition) is 1. The second-order valence-electron chi connectivity index (χ2n) is 3.10. The van der Waals surface area contributed by atoms with Gasteiger partial charge >= 0.3 is 0 Å². The van der Waals surface area contributed by atoms with Gasteiger partial charge in [-0.1, -0.05) is 13.8 Å². The second kappa shape index (κ2) is 3.71. The van der Waals surface area contributed by atoms with Crippen LogP contribution < -0.4 is 0 Å². The summed E-state index contributed by atoms with van der Waals surface area (Å²) in [7, 11) is 0. The Morgan fingerprint density at radius 3 is 2.30 bits per heavy atom. The number of hydrogen-bond acceptors (Lipinski definition) is 2. The van der Waals surface area contributed by atoms with Crippen LogP contribution in [-0.4, -0.2) is 24.0 Å². The molecule has 0 fully saturated rings. The first-order valence-electron chi connectivity index (χ1n) is 3.67. The lowest BCUT2D eigenvalue weighted by atomic mass is 9.89. The molecule has 2 nitrogen and oxygen atoms in total. The van der Waals surface area contributed by atoms with Gasteiger partial charge in [-0.3, -0.25) is 4.99 Å². The Balaban J connectivity index is 4.17. The fourth-order valence-corrected chi connectivity index (χ4v) is 0.566. The summed E-state index contributed by atoms with van der Waals surface area (Å²) in [4.78, 5) is 4.22. The molecule has 2 heteroatoms. The van der Waals surface area contributed by atoms with Crippen LogP contribution in [0.2, 0.25) is 0 Å². The third-order valence-corrected chi connectivity index (χ3v) is 1.77. The van der Waals surface area contributed by atoms with E-state index in [1.54, 1.807) is 0 Å². The highest BCUT2D eigenvalue weighted by atomic mass is 16.3. The van der Waals surface area contributed by atoms with Crippen LogP contribution in [0.25, 0.3) is 0 Å². The van der Waals surface area contributed by atoms with Crippen LogP contribution in [0.4, 0.5) is 0 Å². The molecule has 0 aliphatic heterocycles. The molecule has 0 saturated heterocycles. The summed E-state index contributed by atoms with van der Waals surface area (Å²) >= 11 is 0. The van der Waals surface area contributed by atoms with E-state index in [0.717, 1.165) is 12.3 Å². The molecule has 0 saturated carbocycles. The third kappa shape index (κ3) is 2.48. The number of aliphatic hydroxyl groups excluding tert-OH is 1. The van der Waals surface area contributed by atoms with Crippen molar-refractivity contribution in [2.24, 2.45) is 10.4 Å². The molecular weight excluding hydrogens is 126 g/mol. The van der Waals surface area contributed by atoms with E-state index >= 15 is 0 Å². The lowest BCUT2D eigenvalue weighted by Crippen LogP contribution is -2.26. The van der Waals surface area contributed by atoms with Crippen molar-refractivity contribution in [3.8, 4) is 0 Å². The van der Waals surface area contributed by atoms with Crippen molar-refractivity contribution >= 4 is 5.71 Å². The van der Waals surface area contributed by atoms with Crippen molar-refractivity contribution in [1.29, 1.82) is 0 Å². The molecule has 0 unspecified atom stereocenters. The highest BCUT2D eigenvalue weighted by Gasteiger charge is 2.19. The minimum Gasteiger partial charge on any atom is -0.395 e. The van der Waals surface area contributed by atoms with Crippen LogP contribution in [0.5, 0.6) is 0 Å². The van der Waals surface area contributed by atoms with Gasteiger partial charge in [0.25, 0.3) is 0 Å². The molecule has 60 valence electrons. The van der Waals surface area contributed by atoms with Crippen molar-refractivity contribution < 1.29 is 5.11 Å². The van der Waals surface area contributed by atoms with E-state index in [2.05, 4.69) is 4.99 Å². The number of aliphatic hydroxyl groups is 1. The summed E-state index contributed by atoms with van der Waals surface area (Å²) in [5.41, 5.74) is 0.883. The minimum absolute atomic E-state index is 0.143. The van der Waals surface area contributed by atoms with Gasteiger partial charge in [0.05, 0.1) is 6.61 Å². The van der Waals surface area contributed by atoms with Gasteiger partial charge in [-0.05, 0) is 13.8 Å². The van der Waals surface area contributed by atoms with Crippen molar-refractivity contribution in [2.45, 2.75) is 27.7 Å². The molecule has 0 aliphatic carbocycles. The van der Waals surface area contributed by atoms with Crippen LogP contribution in [0.3, 0.4) is 0 Å². The first-order chi connectivity index (χ1) is 4.54. The maximum absolute atomic E-state index is 8.91. The van der Waals surface area contributed by atoms with Gasteiger partial charge in [0.1, 0.15) is 0 Å². The molecule has 10 heavy (non-hydrogen) atoms. The summed E-state index contributed by atoms with van der Waals surface area (Å²) in [5, 5.41) is 8.91. The molecule has 0 rings (SSSR count). The van der Waals surface area contributed by atoms with E-state index in [4.69, 9.17) is 5.11 Å². The molecule has 0 atom stereocenters. The van der Waals surface area contributed by atoms with Gasteiger partial charge in [0.2, 0.25) is 0 Å². The Hall–Kier alpha value is -0.370. The molecule has 0 aliphatic rings. The van der Waals surface area contributed by atoms with E-state index in [1.807, 2.05) is 27.7 Å². The fourth-order valence-electron chi connectivity index (χ4n) is 0.566. The van der Waals surface area contributed by atoms with Crippen LogP contribution in [0, 0.1) is 5.41 Å². The molecular formula is C8H17NO. The van der Waals surface area contributed by atoms with Crippen LogP contribution in [0.1, 0.15) is 27.7 Å². The zero-order valence-electron chi connectivity index (χ0n) is 7.31. The van der Waals surface area contributed by atoms with Gasteiger partial charge in [-0.2, -0.15) is 0 Å². The second-order valence-corrected chi connectivity index (χ2v) is 3.10. The SMILES string of the molecule is CCN=C(C)C(C)(C)CO. The molecule has 1 N–H and O–H groups in total. The molecule has 0 aromatic heterocycles. The van der Waals surface area contributed by atoms with E-state index in [1.165, 1.54) is 0 Å². The molecule has 0 spiro atoms. The molecule has 0 bridgehead atoms. The summed E-state index contributed by atoms with van der Waals surface area (Å²) in [6, 6.07) is 0. The van der Waals surface area contributed by atoms with Crippen LogP contribution in [-0.2, 0) is 0 Å². The number of nitrogens with zero attached hydrogens (tertiary/aromatic N) is 1. The largest absolute Gasteiger partial charge is 0.395 e. The molecule has 0 amide bonds. The summed E-state index contributed by atoms with van der Waals surface area (Å²) in [6.45, 7) is 8.90. The Labute approximate surface area is 63.0 Å². The number of aliphatic imine (C=N–C) groups is 1. The van der Waals surface area contributed by atoms with Gasteiger partial charge in [0, 0.05) is 17.7 Å². The predicted molar refractivity (Wildman–Crippen MR) is 44.5 cm³/mol. The zero-order valence-corrected chi connectivity index (χ0v) is 7.31. The van der Waals surface area contributed by atoms with Gasteiger partial charge in [-0.15, -0.1) is 0 Å². The molecule has 0 heterocycles. The fraction of sp³-hybridized carbons (Fsp3) is 0.875. The van der Waals surface area contributed by atoms with Crippen molar-refractivity contribution in [1.82, 2.24) is 0 Å². The van der Waals surface area contributed by atoms with Crippen LogP contribution in [0.15, 0.2) is 4.99 Å². The Kier molecular flexibility index (Phi) is 3.58. The van der Waals surface area contributed by atoms with E-state index in [-0.39, 0.29) is 12.0 Å².